The maximum absolute atomic E-state index is 12.1. The molecular weight excluding hydrogens is 573 g/mol. The first-order valence-electron chi connectivity index (χ1n) is 14.2. The number of benzene rings is 2. The number of nitrogens with zero attached hydrogens (tertiary/aromatic N) is 2. The van der Waals surface area contributed by atoms with E-state index in [0.717, 1.165) is 36.3 Å². The van der Waals surface area contributed by atoms with E-state index in [1.54, 1.807) is 12.1 Å². The molecule has 0 bridgehead atoms. The van der Waals surface area contributed by atoms with E-state index in [4.69, 9.17) is 44.3 Å². The standard InChI is InChI=1S/C30H38Cl3N3O4/c1-20-26(18-36-16-4-5-25(36)17-35-14-2-3-15-35)39-28(40-27(20)22-8-6-21(19-37)7-9-22)23-10-12-24(13-11-23)34-29(38)30(31,32)33/h6-13,20,25-28,37H,2-5,14-19H2,1H3,(H,34,38). The van der Waals surface area contributed by atoms with E-state index in [0.29, 0.717) is 11.7 Å². The molecule has 0 saturated carbocycles. The number of alkyl halides is 3. The Morgan fingerprint density at radius 2 is 1.62 bits per heavy atom. The summed E-state index contributed by atoms with van der Waals surface area (Å²) < 4.78 is 11.2. The predicted molar refractivity (Wildman–Crippen MR) is 159 cm³/mol. The normalized spacial score (nSPS) is 28.2. The minimum absolute atomic E-state index is 0.00421. The van der Waals surface area contributed by atoms with Crippen LogP contribution in [0.25, 0.3) is 0 Å². The Bertz CT molecular complexity index is 1120. The minimum atomic E-state index is -2.04. The number of likely N-dealkylation sites (tertiary alicyclic amines) is 2. The van der Waals surface area contributed by atoms with Crippen molar-refractivity contribution in [1.82, 2.24) is 9.80 Å². The van der Waals surface area contributed by atoms with Gasteiger partial charge in [-0.05, 0) is 68.6 Å². The molecule has 2 aromatic rings. The van der Waals surface area contributed by atoms with Crippen LogP contribution in [-0.4, -0.2) is 69.5 Å². The quantitative estimate of drug-likeness (QED) is 0.366. The van der Waals surface area contributed by atoms with Crippen LogP contribution in [0.1, 0.15) is 61.7 Å². The first kappa shape index (κ1) is 30.1. The van der Waals surface area contributed by atoms with E-state index in [1.165, 1.54) is 38.8 Å². The lowest BCUT2D eigenvalue weighted by Crippen LogP contribution is -2.48. The van der Waals surface area contributed by atoms with Crippen molar-refractivity contribution in [2.45, 2.75) is 67.5 Å². The van der Waals surface area contributed by atoms with E-state index >= 15 is 0 Å². The second-order valence-corrected chi connectivity index (χ2v) is 13.5. The van der Waals surface area contributed by atoms with Gasteiger partial charge in [-0.25, -0.2) is 0 Å². The number of anilines is 1. The Balaban J connectivity index is 1.34. The maximum Gasteiger partial charge on any atom is 0.276 e. The number of amides is 1. The lowest BCUT2D eigenvalue weighted by molar-refractivity contribution is -0.276. The van der Waals surface area contributed by atoms with Gasteiger partial charge in [0.25, 0.3) is 9.70 Å². The average molecular weight is 611 g/mol. The van der Waals surface area contributed by atoms with Gasteiger partial charge < -0.3 is 24.8 Å². The minimum Gasteiger partial charge on any atom is -0.392 e. The number of hydrogen-bond donors (Lipinski definition) is 2. The molecule has 0 aliphatic carbocycles. The zero-order chi connectivity index (χ0) is 28.3. The first-order valence-corrected chi connectivity index (χ1v) is 15.3. The van der Waals surface area contributed by atoms with Crippen LogP contribution in [0, 0.1) is 5.92 Å². The first-order chi connectivity index (χ1) is 19.2. The largest absolute Gasteiger partial charge is 0.392 e. The summed E-state index contributed by atoms with van der Waals surface area (Å²) in [6, 6.07) is 15.7. The topological polar surface area (TPSA) is 74.3 Å². The molecule has 2 aromatic carbocycles. The lowest BCUT2D eigenvalue weighted by Gasteiger charge is -2.43. The molecule has 2 N–H and O–H groups in total. The SMILES string of the molecule is CC1C(CN2CCCC2CN2CCCC2)OC(c2ccc(NC(=O)C(Cl)(Cl)Cl)cc2)OC1c1ccc(CO)cc1. The van der Waals surface area contributed by atoms with Crippen LogP contribution in [0.3, 0.4) is 0 Å². The van der Waals surface area contributed by atoms with Gasteiger partial charge in [0.15, 0.2) is 6.29 Å². The van der Waals surface area contributed by atoms with Crippen LogP contribution in [0.4, 0.5) is 5.69 Å². The molecule has 3 aliphatic rings. The second kappa shape index (κ2) is 13.3. The summed E-state index contributed by atoms with van der Waals surface area (Å²) in [5, 5.41) is 12.1. The molecule has 40 heavy (non-hydrogen) atoms. The highest BCUT2D eigenvalue weighted by molar-refractivity contribution is 6.76. The fourth-order valence-corrected chi connectivity index (χ4v) is 6.23. The smallest absolute Gasteiger partial charge is 0.276 e. The third-order valence-corrected chi connectivity index (χ3v) is 8.92. The zero-order valence-electron chi connectivity index (χ0n) is 22.8. The maximum atomic E-state index is 12.1. The molecule has 3 fully saturated rings. The number of halogens is 3. The number of rotatable bonds is 8. The van der Waals surface area contributed by atoms with E-state index in [1.807, 2.05) is 36.4 Å². The van der Waals surface area contributed by atoms with Crippen LogP contribution in [0.5, 0.6) is 0 Å². The van der Waals surface area contributed by atoms with Crippen LogP contribution in [-0.2, 0) is 20.9 Å². The molecule has 0 radical (unpaired) electrons. The van der Waals surface area contributed by atoms with Crippen LogP contribution in [0.15, 0.2) is 48.5 Å². The lowest BCUT2D eigenvalue weighted by atomic mass is 9.90. The molecule has 218 valence electrons. The van der Waals surface area contributed by atoms with Gasteiger partial charge in [0.1, 0.15) is 0 Å². The summed E-state index contributed by atoms with van der Waals surface area (Å²) >= 11 is 17.1. The Morgan fingerprint density at radius 1 is 0.950 bits per heavy atom. The van der Waals surface area contributed by atoms with Crippen LogP contribution in [0.2, 0.25) is 0 Å². The molecule has 1 amide bonds. The molecule has 5 atom stereocenters. The Hall–Kier alpha value is -1.42. The van der Waals surface area contributed by atoms with Crippen molar-refractivity contribution in [2.75, 3.05) is 38.0 Å². The van der Waals surface area contributed by atoms with Crippen molar-refractivity contribution in [3.05, 3.63) is 65.2 Å². The predicted octanol–water partition coefficient (Wildman–Crippen LogP) is 5.84. The van der Waals surface area contributed by atoms with Gasteiger partial charge >= 0.3 is 0 Å². The van der Waals surface area contributed by atoms with Crippen molar-refractivity contribution in [2.24, 2.45) is 5.92 Å². The van der Waals surface area contributed by atoms with Crippen molar-refractivity contribution in [3.8, 4) is 0 Å². The van der Waals surface area contributed by atoms with E-state index in [9.17, 15) is 9.90 Å². The van der Waals surface area contributed by atoms with Gasteiger partial charge in [0.2, 0.25) is 0 Å². The summed E-state index contributed by atoms with van der Waals surface area (Å²) in [6.45, 7) is 7.69. The van der Waals surface area contributed by atoms with E-state index in [-0.39, 0.29) is 24.7 Å². The number of carbonyl (C=O) groups excluding carboxylic acids is 1. The van der Waals surface area contributed by atoms with Gasteiger partial charge in [-0.2, -0.15) is 0 Å². The average Bonchev–Trinajstić information content (AvgIpc) is 3.62. The molecule has 0 spiro atoms. The third-order valence-electron chi connectivity index (χ3n) is 8.40. The summed E-state index contributed by atoms with van der Waals surface area (Å²) in [7, 11) is 0. The molecule has 7 nitrogen and oxygen atoms in total. The highest BCUT2D eigenvalue weighted by Gasteiger charge is 2.41. The Kier molecular flexibility index (Phi) is 9.96. The summed E-state index contributed by atoms with van der Waals surface area (Å²) in [5.41, 5.74) is 3.28. The molecule has 10 heteroatoms. The molecule has 5 unspecified atom stereocenters. The summed E-state index contributed by atoms with van der Waals surface area (Å²) in [5.74, 6) is -0.600. The monoisotopic (exact) mass is 609 g/mol. The molecule has 3 aliphatic heterocycles. The van der Waals surface area contributed by atoms with Crippen LogP contribution >= 0.6 is 34.8 Å². The highest BCUT2D eigenvalue weighted by Crippen LogP contribution is 2.42. The fourth-order valence-electron chi connectivity index (χ4n) is 6.09. The molecular formula is C30H38Cl3N3O4. The van der Waals surface area contributed by atoms with Crippen molar-refractivity contribution in [1.29, 1.82) is 0 Å². The van der Waals surface area contributed by atoms with E-state index in [2.05, 4.69) is 22.0 Å². The number of nitrogens with one attached hydrogen (secondary N) is 1. The number of aliphatic hydroxyl groups excluding tert-OH is 1. The number of hydrogen-bond acceptors (Lipinski definition) is 6. The van der Waals surface area contributed by atoms with Crippen molar-refractivity contribution < 1.29 is 19.4 Å². The van der Waals surface area contributed by atoms with Crippen molar-refractivity contribution >= 4 is 46.4 Å². The molecule has 3 saturated heterocycles. The van der Waals surface area contributed by atoms with Crippen molar-refractivity contribution in [3.63, 3.8) is 0 Å². The highest BCUT2D eigenvalue weighted by atomic mass is 35.6. The third kappa shape index (κ3) is 7.31. The zero-order valence-corrected chi connectivity index (χ0v) is 25.0. The van der Waals surface area contributed by atoms with Gasteiger partial charge in [-0.15, -0.1) is 0 Å². The fraction of sp³-hybridized carbons (Fsp3) is 0.567. The second-order valence-electron chi connectivity index (χ2n) is 11.2. The van der Waals surface area contributed by atoms with Crippen LogP contribution < -0.4 is 5.32 Å². The molecule has 3 heterocycles. The van der Waals surface area contributed by atoms with Gasteiger partial charge in [0, 0.05) is 36.3 Å². The van der Waals surface area contributed by atoms with Gasteiger partial charge in [-0.1, -0.05) is 78.1 Å². The Labute approximate surface area is 251 Å². The Morgan fingerprint density at radius 3 is 2.27 bits per heavy atom. The summed E-state index contributed by atoms with van der Waals surface area (Å²) in [6.07, 6.45) is 4.25. The molecule has 0 aromatic heterocycles. The number of carbonyl (C=O) groups is 1. The van der Waals surface area contributed by atoms with E-state index < -0.39 is 16.0 Å². The van der Waals surface area contributed by atoms with Gasteiger partial charge in [-0.3, -0.25) is 9.69 Å². The molecule has 5 rings (SSSR count). The number of aliphatic hydroxyl groups is 1. The van der Waals surface area contributed by atoms with Gasteiger partial charge in [0.05, 0.1) is 18.8 Å². The number of ether oxygens (including phenoxy) is 2. The summed E-state index contributed by atoms with van der Waals surface area (Å²) in [4.78, 5) is 17.3.